The minimum absolute atomic E-state index is 0.00389. The zero-order valence-corrected chi connectivity index (χ0v) is 11.3. The minimum Gasteiger partial charge on any atom is -0.329 e. The largest absolute Gasteiger partial charge is 0.331 e. The maximum Gasteiger partial charge on any atom is 0.331 e. The smallest absolute Gasteiger partial charge is 0.329 e. The predicted octanol–water partition coefficient (Wildman–Crippen LogP) is 0.810. The van der Waals surface area contributed by atoms with Gasteiger partial charge < -0.3 is 5.73 Å². The molecule has 0 aliphatic heterocycles. The summed E-state index contributed by atoms with van der Waals surface area (Å²) in [6, 6.07) is 5.36. The van der Waals surface area contributed by atoms with Gasteiger partial charge in [-0.05, 0) is 18.2 Å². The molecule has 0 saturated heterocycles. The first-order chi connectivity index (χ1) is 9.52. The normalized spacial score (nSPS) is 10.8. The standard InChI is InChI=1S/C13H13ClFN3O2/c14-10-1-2-11(15)9(7-10)8-17-5-3-12(19)18(6-4-16)13(17)20/h1-3,5,7H,4,6,8,16H2. The van der Waals surface area contributed by atoms with Crippen molar-refractivity contribution < 1.29 is 4.39 Å². The van der Waals surface area contributed by atoms with Gasteiger partial charge in [0.2, 0.25) is 0 Å². The number of aromatic nitrogens is 2. The molecule has 5 nitrogen and oxygen atoms in total. The van der Waals surface area contributed by atoms with E-state index in [0.29, 0.717) is 5.02 Å². The van der Waals surface area contributed by atoms with Crippen molar-refractivity contribution in [3.63, 3.8) is 0 Å². The Hall–Kier alpha value is -1.92. The van der Waals surface area contributed by atoms with E-state index in [1.54, 1.807) is 0 Å². The lowest BCUT2D eigenvalue weighted by atomic mass is 10.2. The lowest BCUT2D eigenvalue weighted by Gasteiger charge is -2.10. The fraction of sp³-hybridized carbons (Fsp3) is 0.231. The molecule has 0 amide bonds. The van der Waals surface area contributed by atoms with Gasteiger partial charge >= 0.3 is 5.69 Å². The molecule has 7 heteroatoms. The number of nitrogens with two attached hydrogens (primary N) is 1. The van der Waals surface area contributed by atoms with E-state index in [9.17, 15) is 14.0 Å². The Morgan fingerprint density at radius 1 is 1.25 bits per heavy atom. The van der Waals surface area contributed by atoms with Gasteiger partial charge in [0.05, 0.1) is 6.54 Å². The molecule has 0 fully saturated rings. The second kappa shape index (κ2) is 6.02. The average Bonchev–Trinajstić information content (AvgIpc) is 2.42. The molecule has 0 bridgehead atoms. The van der Waals surface area contributed by atoms with Crippen molar-refractivity contribution in [3.8, 4) is 0 Å². The van der Waals surface area contributed by atoms with E-state index in [2.05, 4.69) is 0 Å². The molecule has 0 aliphatic carbocycles. The fourth-order valence-electron chi connectivity index (χ4n) is 1.86. The highest BCUT2D eigenvalue weighted by molar-refractivity contribution is 6.30. The van der Waals surface area contributed by atoms with Gasteiger partial charge in [-0.15, -0.1) is 0 Å². The van der Waals surface area contributed by atoms with Crippen LogP contribution in [0, 0.1) is 5.82 Å². The van der Waals surface area contributed by atoms with Gasteiger partial charge in [0.25, 0.3) is 5.56 Å². The van der Waals surface area contributed by atoms with E-state index in [1.807, 2.05) is 0 Å². The molecule has 2 rings (SSSR count). The highest BCUT2D eigenvalue weighted by atomic mass is 35.5. The molecule has 0 unspecified atom stereocenters. The number of hydrogen-bond donors (Lipinski definition) is 1. The van der Waals surface area contributed by atoms with Crippen LogP contribution in [-0.4, -0.2) is 15.7 Å². The highest BCUT2D eigenvalue weighted by Gasteiger charge is 2.08. The van der Waals surface area contributed by atoms with Crippen molar-refractivity contribution in [1.82, 2.24) is 9.13 Å². The molecule has 1 aromatic heterocycles. The molecule has 1 aromatic carbocycles. The summed E-state index contributed by atoms with van der Waals surface area (Å²) in [5.74, 6) is -0.460. The van der Waals surface area contributed by atoms with Gasteiger partial charge in [0.1, 0.15) is 5.82 Å². The molecule has 0 atom stereocenters. The molecule has 106 valence electrons. The fourth-order valence-corrected chi connectivity index (χ4v) is 2.05. The zero-order valence-electron chi connectivity index (χ0n) is 10.6. The van der Waals surface area contributed by atoms with Crippen LogP contribution in [0.5, 0.6) is 0 Å². The first-order valence-corrected chi connectivity index (χ1v) is 6.35. The molecule has 2 aromatic rings. The first-order valence-electron chi connectivity index (χ1n) is 5.97. The van der Waals surface area contributed by atoms with Gasteiger partial charge in [-0.2, -0.15) is 0 Å². The number of halogens is 2. The maximum atomic E-state index is 13.7. The van der Waals surface area contributed by atoms with E-state index >= 15 is 0 Å². The van der Waals surface area contributed by atoms with Crippen molar-refractivity contribution in [2.75, 3.05) is 6.54 Å². The van der Waals surface area contributed by atoms with E-state index < -0.39 is 17.1 Å². The summed E-state index contributed by atoms with van der Waals surface area (Å²) < 4.78 is 15.9. The van der Waals surface area contributed by atoms with Crippen LogP contribution in [0.25, 0.3) is 0 Å². The second-order valence-electron chi connectivity index (χ2n) is 4.24. The van der Waals surface area contributed by atoms with E-state index in [0.717, 1.165) is 4.57 Å². The van der Waals surface area contributed by atoms with Crippen molar-refractivity contribution in [1.29, 1.82) is 0 Å². The summed E-state index contributed by atoms with van der Waals surface area (Å²) in [6.45, 7) is 0.289. The second-order valence-corrected chi connectivity index (χ2v) is 4.68. The number of nitrogens with zero attached hydrogens (tertiary/aromatic N) is 2. The van der Waals surface area contributed by atoms with Gasteiger partial charge in [-0.1, -0.05) is 11.6 Å². The average molecular weight is 298 g/mol. The summed E-state index contributed by atoms with van der Waals surface area (Å²) >= 11 is 5.80. The molecule has 20 heavy (non-hydrogen) atoms. The van der Waals surface area contributed by atoms with Crippen molar-refractivity contribution in [3.05, 3.63) is 67.7 Å². The Morgan fingerprint density at radius 3 is 2.70 bits per heavy atom. The van der Waals surface area contributed by atoms with Crippen LogP contribution in [0.3, 0.4) is 0 Å². The predicted molar refractivity (Wildman–Crippen MR) is 74.5 cm³/mol. The topological polar surface area (TPSA) is 70.0 Å². The van der Waals surface area contributed by atoms with Gasteiger partial charge in [0, 0.05) is 35.9 Å². The van der Waals surface area contributed by atoms with E-state index in [-0.39, 0.29) is 25.2 Å². The Labute approximate surface area is 119 Å². The summed E-state index contributed by atoms with van der Waals surface area (Å²) in [4.78, 5) is 23.6. The third-order valence-corrected chi connectivity index (χ3v) is 3.08. The van der Waals surface area contributed by atoms with Crippen LogP contribution in [0.4, 0.5) is 4.39 Å². The summed E-state index contributed by atoms with van der Waals surface area (Å²) in [5.41, 5.74) is 4.68. The quantitative estimate of drug-likeness (QED) is 0.908. The lowest BCUT2D eigenvalue weighted by Crippen LogP contribution is -2.40. The molecular weight excluding hydrogens is 285 g/mol. The van der Waals surface area contributed by atoms with Crippen molar-refractivity contribution in [2.24, 2.45) is 5.73 Å². The Morgan fingerprint density at radius 2 is 2.00 bits per heavy atom. The van der Waals surface area contributed by atoms with E-state index in [4.69, 9.17) is 17.3 Å². The maximum absolute atomic E-state index is 13.7. The third kappa shape index (κ3) is 2.97. The molecule has 1 heterocycles. The highest BCUT2D eigenvalue weighted by Crippen LogP contribution is 2.15. The van der Waals surface area contributed by atoms with Gasteiger partial charge in [-0.25, -0.2) is 9.18 Å². The van der Waals surface area contributed by atoms with Crippen molar-refractivity contribution >= 4 is 11.6 Å². The first kappa shape index (κ1) is 14.5. The molecule has 0 spiro atoms. The molecule has 0 saturated carbocycles. The van der Waals surface area contributed by atoms with Crippen molar-refractivity contribution in [2.45, 2.75) is 13.1 Å². The van der Waals surface area contributed by atoms with Gasteiger partial charge in [-0.3, -0.25) is 13.9 Å². The van der Waals surface area contributed by atoms with Gasteiger partial charge in [0.15, 0.2) is 0 Å². The minimum atomic E-state index is -0.526. The zero-order chi connectivity index (χ0) is 14.7. The number of rotatable bonds is 4. The van der Waals surface area contributed by atoms with Crippen LogP contribution >= 0.6 is 11.6 Å². The summed E-state index contributed by atoms with van der Waals surface area (Å²) in [5, 5.41) is 0.379. The summed E-state index contributed by atoms with van der Waals surface area (Å²) in [6.07, 6.45) is 1.33. The molecule has 0 radical (unpaired) electrons. The molecular formula is C13H13ClFN3O2. The number of benzene rings is 1. The van der Waals surface area contributed by atoms with E-state index in [1.165, 1.54) is 35.0 Å². The van der Waals surface area contributed by atoms with Crippen LogP contribution in [-0.2, 0) is 13.1 Å². The SMILES string of the molecule is NCCn1c(=O)ccn(Cc2cc(Cl)ccc2F)c1=O. The van der Waals surface area contributed by atoms with Crippen LogP contribution < -0.4 is 17.0 Å². The van der Waals surface area contributed by atoms with Crippen LogP contribution in [0.1, 0.15) is 5.56 Å². The lowest BCUT2D eigenvalue weighted by molar-refractivity contribution is 0.558. The number of hydrogen-bond acceptors (Lipinski definition) is 3. The third-order valence-electron chi connectivity index (χ3n) is 2.84. The van der Waals surface area contributed by atoms with Crippen LogP contribution in [0.15, 0.2) is 40.1 Å². The molecule has 2 N–H and O–H groups in total. The monoisotopic (exact) mass is 297 g/mol. The summed E-state index contributed by atoms with van der Waals surface area (Å²) in [7, 11) is 0. The molecule has 0 aliphatic rings. The Balaban J connectivity index is 2.44. The Bertz CT molecular complexity index is 739. The Kier molecular flexibility index (Phi) is 4.36. The van der Waals surface area contributed by atoms with Crippen LogP contribution in [0.2, 0.25) is 5.02 Å².